The summed E-state index contributed by atoms with van der Waals surface area (Å²) in [7, 11) is -3.16. The maximum absolute atomic E-state index is 15.4. The third-order valence-electron chi connectivity index (χ3n) is 10.5. The first-order valence-electron chi connectivity index (χ1n) is 18.0. The smallest absolute Gasteiger partial charge is 0.171 e. The number of pyridine rings is 1. The zero-order valence-corrected chi connectivity index (χ0v) is 29.8. The van der Waals surface area contributed by atoms with Crippen LogP contribution in [0.4, 0.5) is 34.1 Å². The molecule has 0 unspecified atom stereocenters. The van der Waals surface area contributed by atoms with Crippen LogP contribution in [0, 0.1) is 0 Å². The molecular formula is C48H34N3OP. The fraction of sp³-hybridized carbons (Fsp3) is 0.0208. The van der Waals surface area contributed by atoms with Gasteiger partial charge in [-0.3, -0.25) is 4.98 Å². The Labute approximate surface area is 309 Å². The molecule has 0 bridgehead atoms. The lowest BCUT2D eigenvalue weighted by atomic mass is 9.88. The first kappa shape index (κ1) is 31.3. The summed E-state index contributed by atoms with van der Waals surface area (Å²) in [6.45, 7) is 0. The normalized spacial score (nSPS) is 13.1. The summed E-state index contributed by atoms with van der Waals surface area (Å²) in [5, 5.41) is 4.97. The van der Waals surface area contributed by atoms with Crippen LogP contribution < -0.4 is 25.7 Å². The summed E-state index contributed by atoms with van der Waals surface area (Å²) >= 11 is 0. The van der Waals surface area contributed by atoms with Gasteiger partial charge in [-0.2, -0.15) is 0 Å². The Bertz CT molecular complexity index is 2690. The Kier molecular flexibility index (Phi) is 7.45. The number of para-hydroxylation sites is 1. The minimum absolute atomic E-state index is 0.805. The molecule has 0 atom stereocenters. The van der Waals surface area contributed by atoms with E-state index in [-0.39, 0.29) is 0 Å². The van der Waals surface area contributed by atoms with Gasteiger partial charge in [-0.05, 0) is 88.0 Å². The Morgan fingerprint density at radius 1 is 0.528 bits per heavy atom. The van der Waals surface area contributed by atoms with E-state index >= 15 is 4.57 Å². The molecule has 0 saturated heterocycles. The first-order chi connectivity index (χ1) is 26.2. The summed E-state index contributed by atoms with van der Waals surface area (Å²) < 4.78 is 15.4. The molecule has 8 aromatic rings. The van der Waals surface area contributed by atoms with Crippen molar-refractivity contribution in [1.82, 2.24) is 4.98 Å². The number of hydrogen-bond acceptors (Lipinski definition) is 4. The predicted molar refractivity (Wildman–Crippen MR) is 222 cm³/mol. The van der Waals surface area contributed by atoms with E-state index in [1.54, 1.807) is 0 Å². The molecule has 2 heterocycles. The van der Waals surface area contributed by atoms with E-state index in [1.165, 1.54) is 27.6 Å². The summed E-state index contributed by atoms with van der Waals surface area (Å²) in [6, 6.07) is 58.5. The van der Waals surface area contributed by atoms with E-state index in [4.69, 9.17) is 0 Å². The monoisotopic (exact) mass is 699 g/mol. The van der Waals surface area contributed by atoms with Crippen LogP contribution in [0.3, 0.4) is 0 Å². The van der Waals surface area contributed by atoms with Gasteiger partial charge in [-0.1, -0.05) is 133 Å². The Morgan fingerprint density at radius 2 is 1.21 bits per heavy atom. The van der Waals surface area contributed by atoms with Gasteiger partial charge in [0.05, 0.1) is 34.6 Å². The highest BCUT2D eigenvalue weighted by molar-refractivity contribution is 7.85. The number of benzene rings is 7. The van der Waals surface area contributed by atoms with Crippen molar-refractivity contribution < 1.29 is 4.57 Å². The second-order valence-electron chi connectivity index (χ2n) is 13.5. The highest BCUT2D eigenvalue weighted by Crippen LogP contribution is 2.58. The molecule has 0 N–H and O–H groups in total. The van der Waals surface area contributed by atoms with Gasteiger partial charge in [0.2, 0.25) is 0 Å². The average molecular weight is 700 g/mol. The summed E-state index contributed by atoms with van der Waals surface area (Å²) in [5.41, 5.74) is 11.1. The molecule has 1 aromatic heterocycles. The maximum atomic E-state index is 15.4. The number of nitrogens with zero attached hydrogens (tertiary/aromatic N) is 3. The summed E-state index contributed by atoms with van der Waals surface area (Å²) in [6.07, 6.45) is 9.14. The van der Waals surface area contributed by atoms with Crippen LogP contribution in [0.25, 0.3) is 28.0 Å². The zero-order valence-electron chi connectivity index (χ0n) is 28.9. The van der Waals surface area contributed by atoms with Gasteiger partial charge in [0.1, 0.15) is 0 Å². The van der Waals surface area contributed by atoms with Gasteiger partial charge >= 0.3 is 0 Å². The third kappa shape index (κ3) is 5.06. The molecule has 10 rings (SSSR count). The van der Waals surface area contributed by atoms with Crippen LogP contribution in [0.1, 0.15) is 11.1 Å². The van der Waals surface area contributed by atoms with Crippen molar-refractivity contribution in [2.75, 3.05) is 9.80 Å². The van der Waals surface area contributed by atoms with E-state index in [1.807, 2.05) is 91.3 Å². The SMILES string of the molecule is O=P(c1ccccc1)(c1ccccc1)c1cccc(-c2ccc3c(c2)N(c2cccnc2)c2cc4cccc5c4c(c2N3c2ccccc2)CC=C5)c1. The number of rotatable bonds is 6. The van der Waals surface area contributed by atoms with E-state index in [2.05, 4.69) is 118 Å². The molecule has 0 radical (unpaired) electrons. The first-order valence-corrected chi connectivity index (χ1v) is 19.7. The lowest BCUT2D eigenvalue weighted by Crippen LogP contribution is -2.26. The van der Waals surface area contributed by atoms with Crippen LogP contribution in [-0.4, -0.2) is 4.98 Å². The highest BCUT2D eigenvalue weighted by Gasteiger charge is 2.35. The van der Waals surface area contributed by atoms with Crippen molar-refractivity contribution >= 4 is 74.0 Å². The summed E-state index contributed by atoms with van der Waals surface area (Å²) in [4.78, 5) is 9.39. The summed E-state index contributed by atoms with van der Waals surface area (Å²) in [5.74, 6) is 0. The molecule has 0 saturated carbocycles. The van der Waals surface area contributed by atoms with Crippen LogP contribution >= 0.6 is 7.14 Å². The van der Waals surface area contributed by atoms with Gasteiger partial charge in [-0.15, -0.1) is 0 Å². The van der Waals surface area contributed by atoms with Crippen molar-refractivity contribution in [3.63, 3.8) is 0 Å². The fourth-order valence-corrected chi connectivity index (χ4v) is 10.8. The average Bonchev–Trinajstić information content (AvgIpc) is 3.24. The predicted octanol–water partition coefficient (Wildman–Crippen LogP) is 11.4. The number of allylic oxidation sites excluding steroid dienone is 1. The lowest BCUT2D eigenvalue weighted by molar-refractivity contribution is 0.592. The van der Waals surface area contributed by atoms with Crippen molar-refractivity contribution in [1.29, 1.82) is 0 Å². The maximum Gasteiger partial charge on any atom is 0.171 e. The highest BCUT2D eigenvalue weighted by atomic mass is 31.2. The molecule has 0 amide bonds. The zero-order chi connectivity index (χ0) is 35.4. The standard InChI is InChI=1S/C48H34N3OP/c52-53(40-21-6-2-7-22-40,41-23-8-3-9-24-41)42-25-11-16-35(30-42)36-27-28-44-45(31-36)50(39-20-13-29-49-33-39)46-32-37-17-10-14-34-15-12-26-43(47(34)37)48(46)51(44)38-18-4-1-5-19-38/h1-25,27-33H,26H2. The third-order valence-corrected chi connectivity index (χ3v) is 13.5. The van der Waals surface area contributed by atoms with Crippen LogP contribution in [0.2, 0.25) is 0 Å². The molecule has 5 heteroatoms. The van der Waals surface area contributed by atoms with Gasteiger partial charge in [0.25, 0.3) is 0 Å². The largest absolute Gasteiger partial charge is 0.309 e. The Morgan fingerprint density at radius 3 is 1.94 bits per heavy atom. The minimum atomic E-state index is -3.16. The Hall–Kier alpha value is -6.48. The molecule has 0 fully saturated rings. The molecule has 53 heavy (non-hydrogen) atoms. The molecule has 1 aliphatic carbocycles. The second-order valence-corrected chi connectivity index (χ2v) is 16.3. The molecular weight excluding hydrogens is 666 g/mol. The van der Waals surface area contributed by atoms with Gasteiger partial charge < -0.3 is 14.4 Å². The van der Waals surface area contributed by atoms with Gasteiger partial charge in [0.15, 0.2) is 7.14 Å². The molecule has 4 nitrogen and oxygen atoms in total. The van der Waals surface area contributed by atoms with Crippen molar-refractivity contribution in [2.45, 2.75) is 6.42 Å². The minimum Gasteiger partial charge on any atom is -0.309 e. The van der Waals surface area contributed by atoms with Crippen LogP contribution in [0.15, 0.2) is 188 Å². The van der Waals surface area contributed by atoms with Crippen molar-refractivity contribution in [3.05, 3.63) is 199 Å². The fourth-order valence-electron chi connectivity index (χ4n) is 8.14. The van der Waals surface area contributed by atoms with Crippen molar-refractivity contribution in [3.8, 4) is 11.1 Å². The molecule has 1 aliphatic heterocycles. The van der Waals surface area contributed by atoms with E-state index in [0.717, 1.165) is 61.9 Å². The molecule has 0 spiro atoms. The molecule has 2 aliphatic rings. The topological polar surface area (TPSA) is 36.4 Å². The molecule has 7 aromatic carbocycles. The van der Waals surface area contributed by atoms with Crippen LogP contribution in [0.5, 0.6) is 0 Å². The Balaban J connectivity index is 1.21. The molecule has 252 valence electrons. The van der Waals surface area contributed by atoms with Gasteiger partial charge in [-0.25, -0.2) is 0 Å². The van der Waals surface area contributed by atoms with E-state index in [0.29, 0.717) is 0 Å². The lowest BCUT2D eigenvalue weighted by Gasteiger charge is -2.42. The number of hydrogen-bond donors (Lipinski definition) is 0. The van der Waals surface area contributed by atoms with E-state index < -0.39 is 7.14 Å². The quantitative estimate of drug-likeness (QED) is 0.162. The van der Waals surface area contributed by atoms with Crippen molar-refractivity contribution in [2.24, 2.45) is 0 Å². The number of aromatic nitrogens is 1. The van der Waals surface area contributed by atoms with Crippen LogP contribution in [-0.2, 0) is 11.0 Å². The van der Waals surface area contributed by atoms with E-state index in [9.17, 15) is 0 Å². The number of fused-ring (bicyclic) bond motifs is 3. The second kappa shape index (κ2) is 12.6. The van der Waals surface area contributed by atoms with Gasteiger partial charge in [0, 0.05) is 27.8 Å². The number of anilines is 6.